The van der Waals surface area contributed by atoms with Gasteiger partial charge in [0.25, 0.3) is 5.56 Å². The zero-order valence-electron chi connectivity index (χ0n) is 13.0. The van der Waals surface area contributed by atoms with Crippen molar-refractivity contribution >= 4 is 28.4 Å². The Morgan fingerprint density at radius 1 is 1.50 bits per heavy atom. The van der Waals surface area contributed by atoms with E-state index in [9.17, 15) is 14.7 Å². The van der Waals surface area contributed by atoms with Crippen LogP contribution in [0.15, 0.2) is 35.5 Å². The first kappa shape index (κ1) is 18.1. The predicted octanol–water partition coefficient (Wildman–Crippen LogP) is -0.175. The molecule has 2 aromatic rings. The molecule has 2 heterocycles. The van der Waals surface area contributed by atoms with Gasteiger partial charge in [-0.3, -0.25) is 14.2 Å². The first-order valence-corrected chi connectivity index (χ1v) is 7.65. The van der Waals surface area contributed by atoms with Crippen LogP contribution >= 0.6 is 11.6 Å². The third kappa shape index (κ3) is 4.38. The van der Waals surface area contributed by atoms with E-state index in [1.54, 1.807) is 12.2 Å². The van der Waals surface area contributed by atoms with Crippen LogP contribution in [0.1, 0.15) is 6.92 Å². The van der Waals surface area contributed by atoms with Gasteiger partial charge in [-0.1, -0.05) is 23.8 Å². The van der Waals surface area contributed by atoms with Crippen molar-refractivity contribution in [1.29, 1.82) is 0 Å². The van der Waals surface area contributed by atoms with Crippen LogP contribution in [0.2, 0.25) is 5.15 Å². The number of hydrogen-bond donors (Lipinski definition) is 3. The summed E-state index contributed by atoms with van der Waals surface area (Å²) in [6.45, 7) is 1.98. The van der Waals surface area contributed by atoms with Crippen LogP contribution in [0, 0.1) is 0 Å². The number of nitrogens with one attached hydrogen (secondary N) is 1. The highest BCUT2D eigenvalue weighted by Gasteiger charge is 2.17. The Morgan fingerprint density at radius 3 is 2.96 bits per heavy atom. The molecular weight excluding hydrogens is 334 g/mol. The van der Waals surface area contributed by atoms with Crippen molar-refractivity contribution < 1.29 is 9.90 Å². The van der Waals surface area contributed by atoms with Crippen LogP contribution in [-0.4, -0.2) is 44.2 Å². The standard InChI is InChI=1S/C15H18ClN5O3/c1-9(22)13(17)14(23)18-4-2-3-5-21-8-20-11-7-19-12(16)6-10(11)15(21)24/h2-3,6-9,13,22H,4-5,17H2,1H3,(H,18,23)/b3-2+/t9-,13+/m1/s1. The Morgan fingerprint density at radius 2 is 2.25 bits per heavy atom. The molecule has 0 bridgehead atoms. The monoisotopic (exact) mass is 351 g/mol. The Labute approximate surface area is 143 Å². The molecule has 8 nitrogen and oxygen atoms in total. The van der Waals surface area contributed by atoms with E-state index in [4.69, 9.17) is 17.3 Å². The minimum Gasteiger partial charge on any atom is -0.391 e. The Hall–Kier alpha value is -2.29. The third-order valence-corrected chi connectivity index (χ3v) is 3.57. The van der Waals surface area contributed by atoms with Crippen LogP contribution in [-0.2, 0) is 11.3 Å². The fraction of sp³-hybridized carbons (Fsp3) is 0.333. The number of allylic oxidation sites excluding steroid dienone is 1. The lowest BCUT2D eigenvalue weighted by atomic mass is 10.2. The van der Waals surface area contributed by atoms with E-state index in [0.29, 0.717) is 17.4 Å². The third-order valence-electron chi connectivity index (χ3n) is 3.36. The maximum Gasteiger partial charge on any atom is 0.261 e. The van der Waals surface area contributed by atoms with Gasteiger partial charge >= 0.3 is 0 Å². The maximum absolute atomic E-state index is 12.3. The summed E-state index contributed by atoms with van der Waals surface area (Å²) >= 11 is 5.80. The molecular formula is C15H18ClN5O3. The van der Waals surface area contributed by atoms with E-state index < -0.39 is 18.1 Å². The number of aromatic nitrogens is 3. The van der Waals surface area contributed by atoms with E-state index >= 15 is 0 Å². The Balaban J connectivity index is 1.97. The molecule has 1 amide bonds. The zero-order valence-corrected chi connectivity index (χ0v) is 13.8. The molecule has 0 unspecified atom stereocenters. The van der Waals surface area contributed by atoms with Crippen molar-refractivity contribution in [2.45, 2.75) is 25.6 Å². The minimum absolute atomic E-state index is 0.228. The quantitative estimate of drug-likeness (QED) is 0.490. The van der Waals surface area contributed by atoms with Crippen LogP contribution in [0.4, 0.5) is 0 Å². The van der Waals surface area contributed by atoms with Gasteiger partial charge in [0.2, 0.25) is 5.91 Å². The van der Waals surface area contributed by atoms with Crippen molar-refractivity contribution in [2.24, 2.45) is 5.73 Å². The number of nitrogens with zero attached hydrogens (tertiary/aromatic N) is 3. The van der Waals surface area contributed by atoms with Crippen molar-refractivity contribution in [2.75, 3.05) is 6.54 Å². The second-order valence-electron chi connectivity index (χ2n) is 5.21. The molecule has 0 aliphatic carbocycles. The molecule has 4 N–H and O–H groups in total. The molecule has 24 heavy (non-hydrogen) atoms. The molecule has 0 aliphatic heterocycles. The lowest BCUT2D eigenvalue weighted by molar-refractivity contribution is -0.124. The largest absolute Gasteiger partial charge is 0.391 e. The second kappa shape index (κ2) is 8.00. The number of nitrogens with two attached hydrogens (primary N) is 1. The van der Waals surface area contributed by atoms with Crippen LogP contribution in [0.25, 0.3) is 10.9 Å². The lowest BCUT2D eigenvalue weighted by Gasteiger charge is -2.13. The van der Waals surface area contributed by atoms with Gasteiger partial charge in [-0.25, -0.2) is 9.97 Å². The molecule has 2 atom stereocenters. The van der Waals surface area contributed by atoms with Gasteiger partial charge in [0.05, 0.1) is 29.5 Å². The smallest absolute Gasteiger partial charge is 0.261 e. The van der Waals surface area contributed by atoms with Gasteiger partial charge in [0.1, 0.15) is 11.2 Å². The molecule has 0 radical (unpaired) electrons. The molecule has 2 rings (SSSR count). The Bertz CT molecular complexity index is 818. The normalized spacial score (nSPS) is 14.0. The van der Waals surface area contributed by atoms with Crippen molar-refractivity contribution in [3.63, 3.8) is 0 Å². The highest BCUT2D eigenvalue weighted by atomic mass is 35.5. The van der Waals surface area contributed by atoms with Gasteiger partial charge in [0, 0.05) is 13.1 Å². The van der Waals surface area contributed by atoms with E-state index in [0.717, 1.165) is 0 Å². The summed E-state index contributed by atoms with van der Waals surface area (Å²) in [7, 11) is 0. The van der Waals surface area contributed by atoms with Gasteiger partial charge in [0.15, 0.2) is 0 Å². The minimum atomic E-state index is -0.968. The molecule has 9 heteroatoms. The fourth-order valence-corrected chi connectivity index (χ4v) is 2.09. The summed E-state index contributed by atoms with van der Waals surface area (Å²) in [5, 5.41) is 12.4. The average Bonchev–Trinajstić information content (AvgIpc) is 2.55. The number of carbonyl (C=O) groups is 1. The molecule has 128 valence electrons. The summed E-state index contributed by atoms with van der Waals surface area (Å²) < 4.78 is 1.42. The van der Waals surface area contributed by atoms with Crippen molar-refractivity contribution in [3.8, 4) is 0 Å². The zero-order chi connectivity index (χ0) is 17.7. The maximum atomic E-state index is 12.3. The number of carbonyl (C=O) groups excluding carboxylic acids is 1. The molecule has 0 saturated heterocycles. The number of hydrogen-bond acceptors (Lipinski definition) is 6. The summed E-state index contributed by atoms with van der Waals surface area (Å²) in [6, 6.07) is 0.508. The average molecular weight is 352 g/mol. The van der Waals surface area contributed by atoms with Crippen LogP contribution in [0.3, 0.4) is 0 Å². The van der Waals surface area contributed by atoms with Crippen molar-refractivity contribution in [1.82, 2.24) is 19.9 Å². The summed E-state index contributed by atoms with van der Waals surface area (Å²) in [4.78, 5) is 31.9. The van der Waals surface area contributed by atoms with E-state index in [1.807, 2.05) is 0 Å². The fourth-order valence-electron chi connectivity index (χ4n) is 1.93. The topological polar surface area (TPSA) is 123 Å². The number of halogens is 1. The summed E-state index contributed by atoms with van der Waals surface area (Å²) in [5.41, 5.74) is 5.74. The number of amides is 1. The van der Waals surface area contributed by atoms with Gasteiger partial charge in [-0.05, 0) is 13.0 Å². The number of fused-ring (bicyclic) bond motifs is 1. The number of pyridine rings is 1. The first-order valence-electron chi connectivity index (χ1n) is 7.27. The molecule has 0 aromatic carbocycles. The number of rotatable bonds is 6. The summed E-state index contributed by atoms with van der Waals surface area (Å²) in [5.74, 6) is -0.443. The SMILES string of the molecule is C[C@@H](O)[C@H](N)C(=O)NC/C=C/Cn1cnc2cnc(Cl)cc2c1=O. The summed E-state index contributed by atoms with van der Waals surface area (Å²) in [6.07, 6.45) is 5.35. The number of aliphatic hydroxyl groups is 1. The molecule has 0 aliphatic rings. The Kier molecular flexibility index (Phi) is 6.02. The van der Waals surface area contributed by atoms with Gasteiger partial charge in [-0.2, -0.15) is 0 Å². The first-order chi connectivity index (χ1) is 11.4. The molecule has 0 spiro atoms. The molecule has 2 aromatic heterocycles. The lowest BCUT2D eigenvalue weighted by Crippen LogP contribution is -2.47. The van der Waals surface area contributed by atoms with Gasteiger partial charge in [-0.15, -0.1) is 0 Å². The number of aliphatic hydroxyl groups excluding tert-OH is 1. The predicted molar refractivity (Wildman–Crippen MR) is 90.6 cm³/mol. The molecule has 0 fully saturated rings. The highest BCUT2D eigenvalue weighted by molar-refractivity contribution is 6.30. The van der Waals surface area contributed by atoms with Gasteiger partial charge < -0.3 is 16.2 Å². The van der Waals surface area contributed by atoms with Crippen molar-refractivity contribution in [3.05, 3.63) is 46.2 Å². The van der Waals surface area contributed by atoms with E-state index in [1.165, 1.54) is 30.1 Å². The highest BCUT2D eigenvalue weighted by Crippen LogP contribution is 2.10. The van der Waals surface area contributed by atoms with E-state index in [-0.39, 0.29) is 17.3 Å². The van der Waals surface area contributed by atoms with E-state index in [2.05, 4.69) is 15.3 Å². The van der Waals surface area contributed by atoms with Crippen LogP contribution in [0.5, 0.6) is 0 Å². The molecule has 0 saturated carbocycles. The second-order valence-corrected chi connectivity index (χ2v) is 5.60. The van der Waals surface area contributed by atoms with Crippen LogP contribution < -0.4 is 16.6 Å².